The van der Waals surface area contributed by atoms with Gasteiger partial charge in [0.25, 0.3) is 0 Å². The summed E-state index contributed by atoms with van der Waals surface area (Å²) in [5.41, 5.74) is 5.26. The van der Waals surface area contributed by atoms with E-state index >= 15 is 0 Å². The molecule has 1 amide bonds. The molecule has 1 aliphatic carbocycles. The maximum Gasteiger partial charge on any atom is 0.319 e. The molecule has 0 bridgehead atoms. The predicted octanol–water partition coefficient (Wildman–Crippen LogP) is 2.15. The van der Waals surface area contributed by atoms with E-state index in [9.17, 15) is 22.4 Å². The molecule has 4 nitrogen and oxygen atoms in total. The lowest BCUT2D eigenvalue weighted by Crippen LogP contribution is -2.59. The molecular formula is C13H23Cl2F4N3O. The van der Waals surface area contributed by atoms with E-state index < -0.39 is 24.4 Å². The molecule has 1 aliphatic heterocycles. The van der Waals surface area contributed by atoms with E-state index in [1.165, 1.54) is 4.90 Å². The van der Waals surface area contributed by atoms with Gasteiger partial charge in [0.05, 0.1) is 12.1 Å². The van der Waals surface area contributed by atoms with Crippen LogP contribution in [0, 0.1) is 0 Å². The van der Waals surface area contributed by atoms with Gasteiger partial charge in [0.15, 0.2) is 0 Å². The van der Waals surface area contributed by atoms with Crippen LogP contribution in [0.15, 0.2) is 0 Å². The summed E-state index contributed by atoms with van der Waals surface area (Å²) < 4.78 is 50.3. The van der Waals surface area contributed by atoms with E-state index in [1.54, 1.807) is 4.90 Å². The monoisotopic (exact) mass is 383 g/mol. The summed E-state index contributed by atoms with van der Waals surface area (Å²) >= 11 is 0. The number of carbonyl (C=O) groups excluding carboxylic acids is 1. The van der Waals surface area contributed by atoms with Gasteiger partial charge in [-0.05, 0) is 12.8 Å². The summed E-state index contributed by atoms with van der Waals surface area (Å²) in [4.78, 5) is 15.2. The summed E-state index contributed by atoms with van der Waals surface area (Å²) in [5.74, 6) is -4.15. The van der Waals surface area contributed by atoms with Gasteiger partial charge in [0, 0.05) is 26.2 Å². The van der Waals surface area contributed by atoms with Crippen molar-refractivity contribution in [3.63, 3.8) is 0 Å². The molecule has 1 saturated heterocycles. The molecule has 2 aliphatic rings. The number of halogens is 6. The van der Waals surface area contributed by atoms with Gasteiger partial charge in [0.1, 0.15) is 0 Å². The van der Waals surface area contributed by atoms with Crippen molar-refractivity contribution in [1.82, 2.24) is 9.80 Å². The van der Waals surface area contributed by atoms with Crippen LogP contribution in [-0.4, -0.2) is 66.3 Å². The van der Waals surface area contributed by atoms with Crippen LogP contribution >= 0.6 is 24.8 Å². The number of hydrogen-bond donors (Lipinski definition) is 1. The Labute approximate surface area is 145 Å². The summed E-state index contributed by atoms with van der Waals surface area (Å²) in [6.07, 6.45) is -0.528. The minimum atomic E-state index is -4.01. The fourth-order valence-electron chi connectivity index (χ4n) is 3.01. The molecule has 1 saturated carbocycles. The quantitative estimate of drug-likeness (QED) is 0.756. The number of nitrogens with zero attached hydrogens (tertiary/aromatic N) is 2. The minimum absolute atomic E-state index is 0. The highest BCUT2D eigenvalue weighted by Gasteiger charge is 2.44. The van der Waals surface area contributed by atoms with Crippen molar-refractivity contribution < 1.29 is 22.4 Å². The van der Waals surface area contributed by atoms with Crippen LogP contribution in [-0.2, 0) is 4.79 Å². The van der Waals surface area contributed by atoms with Crippen LogP contribution in [0.2, 0.25) is 0 Å². The van der Waals surface area contributed by atoms with Crippen LogP contribution in [0.25, 0.3) is 0 Å². The number of carbonyl (C=O) groups is 1. The van der Waals surface area contributed by atoms with E-state index in [0.717, 1.165) is 12.8 Å². The second-order valence-electron chi connectivity index (χ2n) is 5.99. The maximum atomic E-state index is 13.0. The van der Waals surface area contributed by atoms with E-state index in [2.05, 4.69) is 0 Å². The van der Waals surface area contributed by atoms with Crippen LogP contribution in [0.1, 0.15) is 25.7 Å². The van der Waals surface area contributed by atoms with Crippen LogP contribution in [0.5, 0.6) is 0 Å². The molecule has 0 atom stereocenters. The van der Waals surface area contributed by atoms with Gasteiger partial charge >= 0.3 is 12.3 Å². The molecule has 10 heteroatoms. The Morgan fingerprint density at radius 1 is 1.09 bits per heavy atom. The zero-order valence-corrected chi connectivity index (χ0v) is 14.3. The standard InChI is InChI=1S/C13H21F4N3O.2ClH/c14-10(15)13(16,17)9-19-5-7-20(8-6-19)11(21)12(18)3-1-2-4-12;;/h10H,1-9,18H2;2*1H. The Bertz CT molecular complexity index is 387. The molecule has 138 valence electrons. The molecule has 23 heavy (non-hydrogen) atoms. The van der Waals surface area contributed by atoms with Crippen molar-refractivity contribution in [2.75, 3.05) is 32.7 Å². The third-order valence-corrected chi connectivity index (χ3v) is 4.33. The van der Waals surface area contributed by atoms with E-state index in [4.69, 9.17) is 5.73 Å². The maximum absolute atomic E-state index is 13.0. The van der Waals surface area contributed by atoms with Gasteiger partial charge in [0.2, 0.25) is 5.91 Å². The molecule has 0 radical (unpaired) electrons. The van der Waals surface area contributed by atoms with Crippen molar-refractivity contribution >= 4 is 30.7 Å². The zero-order chi connectivity index (χ0) is 15.7. The number of alkyl halides is 4. The molecule has 2 rings (SSSR count). The van der Waals surface area contributed by atoms with Crippen LogP contribution < -0.4 is 5.73 Å². The molecule has 0 aromatic carbocycles. The minimum Gasteiger partial charge on any atom is -0.339 e. The molecule has 2 N–H and O–H groups in total. The lowest BCUT2D eigenvalue weighted by molar-refractivity contribution is -0.150. The second kappa shape index (κ2) is 8.69. The molecule has 1 heterocycles. The van der Waals surface area contributed by atoms with Crippen molar-refractivity contribution in [3.05, 3.63) is 0 Å². The number of amides is 1. The second-order valence-corrected chi connectivity index (χ2v) is 5.99. The number of hydrogen-bond acceptors (Lipinski definition) is 3. The van der Waals surface area contributed by atoms with Crippen LogP contribution in [0.3, 0.4) is 0 Å². The van der Waals surface area contributed by atoms with Gasteiger partial charge in [-0.1, -0.05) is 12.8 Å². The third-order valence-electron chi connectivity index (χ3n) is 4.33. The first kappa shape index (κ1) is 22.7. The van der Waals surface area contributed by atoms with Crippen LogP contribution in [0.4, 0.5) is 17.6 Å². The van der Waals surface area contributed by atoms with Gasteiger partial charge in [-0.2, -0.15) is 8.78 Å². The zero-order valence-electron chi connectivity index (χ0n) is 12.6. The third kappa shape index (κ3) is 5.34. The van der Waals surface area contributed by atoms with Crippen molar-refractivity contribution in [3.8, 4) is 0 Å². The Morgan fingerprint density at radius 2 is 1.57 bits per heavy atom. The van der Waals surface area contributed by atoms with Crippen molar-refractivity contribution in [2.24, 2.45) is 5.73 Å². The number of nitrogens with two attached hydrogens (primary N) is 1. The van der Waals surface area contributed by atoms with E-state index in [-0.39, 0.29) is 56.9 Å². The summed E-state index contributed by atoms with van der Waals surface area (Å²) in [5, 5.41) is 0. The Hall–Kier alpha value is -0.310. The number of piperazine rings is 1. The molecule has 2 fully saturated rings. The van der Waals surface area contributed by atoms with Gasteiger partial charge in [-0.3, -0.25) is 9.69 Å². The first-order valence-corrected chi connectivity index (χ1v) is 7.21. The largest absolute Gasteiger partial charge is 0.339 e. The summed E-state index contributed by atoms with van der Waals surface area (Å²) in [6.45, 7) is -0.108. The van der Waals surface area contributed by atoms with E-state index in [1.807, 2.05) is 0 Å². The molecular weight excluding hydrogens is 361 g/mol. The molecule has 0 spiro atoms. The molecule has 0 unspecified atom stereocenters. The van der Waals surface area contributed by atoms with Crippen molar-refractivity contribution in [2.45, 2.75) is 43.6 Å². The fraction of sp³-hybridized carbons (Fsp3) is 0.923. The summed E-state index contributed by atoms with van der Waals surface area (Å²) in [7, 11) is 0. The summed E-state index contributed by atoms with van der Waals surface area (Å²) in [6, 6.07) is 0. The Balaban J connectivity index is 0.00000242. The fourth-order valence-corrected chi connectivity index (χ4v) is 3.01. The van der Waals surface area contributed by atoms with Gasteiger partial charge in [-0.15, -0.1) is 24.8 Å². The highest BCUT2D eigenvalue weighted by Crippen LogP contribution is 2.30. The molecule has 0 aromatic heterocycles. The lowest BCUT2D eigenvalue weighted by Gasteiger charge is -2.39. The lowest BCUT2D eigenvalue weighted by atomic mass is 9.97. The first-order chi connectivity index (χ1) is 9.74. The van der Waals surface area contributed by atoms with E-state index in [0.29, 0.717) is 12.8 Å². The highest BCUT2D eigenvalue weighted by molar-refractivity contribution is 5.86. The average molecular weight is 384 g/mol. The Morgan fingerprint density at radius 3 is 2.00 bits per heavy atom. The molecule has 0 aromatic rings. The van der Waals surface area contributed by atoms with Gasteiger partial charge < -0.3 is 10.6 Å². The topological polar surface area (TPSA) is 49.6 Å². The SMILES string of the molecule is Cl.Cl.NC1(C(=O)N2CCN(CC(F)(F)C(F)F)CC2)CCCC1. The van der Waals surface area contributed by atoms with Gasteiger partial charge in [-0.25, -0.2) is 8.78 Å². The van der Waals surface area contributed by atoms with Crippen molar-refractivity contribution in [1.29, 1.82) is 0 Å². The number of rotatable bonds is 4. The highest BCUT2D eigenvalue weighted by atomic mass is 35.5. The Kier molecular flexibility index (Phi) is 8.57. The smallest absolute Gasteiger partial charge is 0.319 e. The first-order valence-electron chi connectivity index (χ1n) is 7.21. The predicted molar refractivity (Wildman–Crippen MR) is 83.9 cm³/mol. The average Bonchev–Trinajstić information content (AvgIpc) is 2.86. The normalized spacial score (nSPS) is 21.7.